The topological polar surface area (TPSA) is 27.7 Å². The molecular weight excluding hydrogens is 180 g/mol. The third-order valence-electron chi connectivity index (χ3n) is 1.96. The van der Waals surface area contributed by atoms with Crippen molar-refractivity contribution in [3.8, 4) is 0 Å². The Hall–Kier alpha value is -0.380. The molecule has 82 valence electrons. The maximum absolute atomic E-state index is 5.62. The Labute approximate surface area is 86.0 Å². The molecule has 1 heterocycles. The van der Waals surface area contributed by atoms with Gasteiger partial charge >= 0.3 is 0 Å². The maximum atomic E-state index is 5.62. The maximum Gasteiger partial charge on any atom is 0.184 e. The van der Waals surface area contributed by atoms with Crippen LogP contribution < -0.4 is 0 Å². The summed E-state index contributed by atoms with van der Waals surface area (Å²) in [6.07, 6.45) is 3.70. The molecule has 14 heavy (non-hydrogen) atoms. The molecule has 1 aliphatic heterocycles. The van der Waals surface area contributed by atoms with E-state index in [0.29, 0.717) is 19.1 Å². The van der Waals surface area contributed by atoms with Crippen molar-refractivity contribution in [3.05, 3.63) is 12.2 Å². The Balaban J connectivity index is 2.25. The van der Waals surface area contributed by atoms with E-state index in [4.69, 9.17) is 14.2 Å². The summed E-state index contributed by atoms with van der Waals surface area (Å²) in [6.45, 7) is 8.21. The lowest BCUT2D eigenvalue weighted by Gasteiger charge is -2.23. The highest BCUT2D eigenvalue weighted by Gasteiger charge is 2.19. The van der Waals surface area contributed by atoms with E-state index in [-0.39, 0.29) is 12.4 Å². The lowest BCUT2D eigenvalue weighted by Crippen LogP contribution is -2.32. The van der Waals surface area contributed by atoms with E-state index in [2.05, 4.69) is 13.8 Å². The monoisotopic (exact) mass is 200 g/mol. The van der Waals surface area contributed by atoms with Gasteiger partial charge in [-0.05, 0) is 12.8 Å². The molecule has 0 N–H and O–H groups in total. The predicted molar refractivity (Wildman–Crippen MR) is 55.1 cm³/mol. The first-order valence-corrected chi connectivity index (χ1v) is 5.20. The molecule has 1 atom stereocenters. The fraction of sp³-hybridized carbons (Fsp3) is 0.818. The van der Waals surface area contributed by atoms with Gasteiger partial charge in [0.2, 0.25) is 0 Å². The SMILES string of the molecule is CC(C)COC(C)C1OCC=CCO1. The number of ether oxygens (including phenoxy) is 3. The van der Waals surface area contributed by atoms with Crippen molar-refractivity contribution < 1.29 is 14.2 Å². The van der Waals surface area contributed by atoms with Gasteiger partial charge in [-0.3, -0.25) is 0 Å². The molecule has 0 saturated carbocycles. The summed E-state index contributed by atoms with van der Waals surface area (Å²) in [4.78, 5) is 0. The summed E-state index contributed by atoms with van der Waals surface area (Å²) in [5, 5.41) is 0. The van der Waals surface area contributed by atoms with E-state index >= 15 is 0 Å². The van der Waals surface area contributed by atoms with Gasteiger partial charge in [-0.2, -0.15) is 0 Å². The van der Waals surface area contributed by atoms with Gasteiger partial charge in [0.05, 0.1) is 13.2 Å². The van der Waals surface area contributed by atoms with Crippen LogP contribution in [-0.2, 0) is 14.2 Å². The first-order valence-electron chi connectivity index (χ1n) is 5.20. The highest BCUT2D eigenvalue weighted by Crippen LogP contribution is 2.10. The largest absolute Gasteiger partial charge is 0.373 e. The second kappa shape index (κ2) is 6.17. The van der Waals surface area contributed by atoms with Crippen molar-refractivity contribution in [1.29, 1.82) is 0 Å². The van der Waals surface area contributed by atoms with Crippen LogP contribution in [-0.4, -0.2) is 32.2 Å². The smallest absolute Gasteiger partial charge is 0.184 e. The second-order valence-corrected chi connectivity index (χ2v) is 3.94. The molecule has 0 aromatic rings. The first-order chi connectivity index (χ1) is 6.70. The number of hydrogen-bond acceptors (Lipinski definition) is 3. The summed E-state index contributed by atoms with van der Waals surface area (Å²) < 4.78 is 16.5. The van der Waals surface area contributed by atoms with Crippen molar-refractivity contribution in [2.45, 2.75) is 33.2 Å². The van der Waals surface area contributed by atoms with E-state index in [9.17, 15) is 0 Å². The van der Waals surface area contributed by atoms with Gasteiger partial charge in [0.15, 0.2) is 6.29 Å². The van der Waals surface area contributed by atoms with Gasteiger partial charge in [-0.25, -0.2) is 0 Å². The minimum Gasteiger partial charge on any atom is -0.373 e. The molecular formula is C11H20O3. The molecule has 0 amide bonds. The molecule has 0 fully saturated rings. The molecule has 3 heteroatoms. The minimum absolute atomic E-state index is 0.00250. The molecule has 3 nitrogen and oxygen atoms in total. The fourth-order valence-electron chi connectivity index (χ4n) is 1.18. The Morgan fingerprint density at radius 1 is 1.21 bits per heavy atom. The van der Waals surface area contributed by atoms with Gasteiger partial charge < -0.3 is 14.2 Å². The van der Waals surface area contributed by atoms with E-state index in [0.717, 1.165) is 6.61 Å². The van der Waals surface area contributed by atoms with Crippen molar-refractivity contribution >= 4 is 0 Å². The molecule has 0 radical (unpaired) electrons. The van der Waals surface area contributed by atoms with Gasteiger partial charge in [0, 0.05) is 6.61 Å². The summed E-state index contributed by atoms with van der Waals surface area (Å²) in [7, 11) is 0. The minimum atomic E-state index is -0.233. The van der Waals surface area contributed by atoms with E-state index in [1.807, 2.05) is 19.1 Å². The quantitative estimate of drug-likeness (QED) is 0.649. The van der Waals surface area contributed by atoms with E-state index < -0.39 is 0 Å². The van der Waals surface area contributed by atoms with E-state index in [1.165, 1.54) is 0 Å². The fourth-order valence-corrected chi connectivity index (χ4v) is 1.18. The van der Waals surface area contributed by atoms with Gasteiger partial charge in [-0.1, -0.05) is 26.0 Å². The average molecular weight is 200 g/mol. The van der Waals surface area contributed by atoms with Crippen molar-refractivity contribution in [2.24, 2.45) is 5.92 Å². The number of rotatable bonds is 4. The van der Waals surface area contributed by atoms with Crippen LogP contribution in [0.1, 0.15) is 20.8 Å². The van der Waals surface area contributed by atoms with Crippen LogP contribution in [0.4, 0.5) is 0 Å². The Bertz CT molecular complexity index is 167. The molecule has 0 spiro atoms. The number of hydrogen-bond donors (Lipinski definition) is 0. The van der Waals surface area contributed by atoms with Crippen LogP contribution in [0, 0.1) is 5.92 Å². The Kier molecular flexibility index (Phi) is 5.15. The zero-order valence-electron chi connectivity index (χ0n) is 9.23. The normalized spacial score (nSPS) is 21.1. The Morgan fingerprint density at radius 2 is 1.79 bits per heavy atom. The third kappa shape index (κ3) is 4.22. The molecule has 0 saturated heterocycles. The van der Waals surface area contributed by atoms with Crippen LogP contribution in [0.25, 0.3) is 0 Å². The zero-order valence-corrected chi connectivity index (χ0v) is 9.23. The summed E-state index contributed by atoms with van der Waals surface area (Å²) >= 11 is 0. The third-order valence-corrected chi connectivity index (χ3v) is 1.96. The molecule has 1 unspecified atom stereocenters. The van der Waals surface area contributed by atoms with Gasteiger partial charge in [0.25, 0.3) is 0 Å². The van der Waals surface area contributed by atoms with Crippen LogP contribution in [0.2, 0.25) is 0 Å². The zero-order chi connectivity index (χ0) is 10.4. The lowest BCUT2D eigenvalue weighted by molar-refractivity contribution is -0.190. The molecule has 0 aromatic heterocycles. The van der Waals surface area contributed by atoms with Gasteiger partial charge in [0.1, 0.15) is 6.10 Å². The van der Waals surface area contributed by atoms with Crippen LogP contribution in [0.3, 0.4) is 0 Å². The van der Waals surface area contributed by atoms with Crippen LogP contribution in [0.5, 0.6) is 0 Å². The summed E-state index contributed by atoms with van der Waals surface area (Å²) in [5.74, 6) is 0.543. The van der Waals surface area contributed by atoms with Crippen molar-refractivity contribution in [1.82, 2.24) is 0 Å². The van der Waals surface area contributed by atoms with Crippen molar-refractivity contribution in [2.75, 3.05) is 19.8 Å². The van der Waals surface area contributed by atoms with Crippen LogP contribution in [0.15, 0.2) is 12.2 Å². The summed E-state index contributed by atoms with van der Waals surface area (Å²) in [5.41, 5.74) is 0. The second-order valence-electron chi connectivity index (χ2n) is 3.94. The lowest BCUT2D eigenvalue weighted by atomic mass is 10.2. The average Bonchev–Trinajstić information content (AvgIpc) is 2.42. The Morgan fingerprint density at radius 3 is 2.29 bits per heavy atom. The van der Waals surface area contributed by atoms with Crippen molar-refractivity contribution in [3.63, 3.8) is 0 Å². The van der Waals surface area contributed by atoms with Gasteiger partial charge in [-0.15, -0.1) is 0 Å². The van der Waals surface area contributed by atoms with Crippen LogP contribution >= 0.6 is 0 Å². The predicted octanol–water partition coefficient (Wildman–Crippen LogP) is 1.98. The first kappa shape index (κ1) is 11.7. The molecule has 1 rings (SSSR count). The highest BCUT2D eigenvalue weighted by atomic mass is 16.7. The molecule has 0 bridgehead atoms. The summed E-state index contributed by atoms with van der Waals surface area (Å²) in [6, 6.07) is 0. The highest BCUT2D eigenvalue weighted by molar-refractivity contribution is 4.84. The molecule has 1 aliphatic rings. The molecule has 0 aliphatic carbocycles. The standard InChI is InChI=1S/C11H20O3/c1-9(2)8-14-10(3)11-12-6-4-5-7-13-11/h4-5,9-11H,6-8H2,1-3H3. The molecule has 0 aromatic carbocycles. The van der Waals surface area contributed by atoms with E-state index in [1.54, 1.807) is 0 Å².